The lowest BCUT2D eigenvalue weighted by atomic mass is 9.89. The molecule has 0 aliphatic carbocycles. The van der Waals surface area contributed by atoms with E-state index in [1.165, 1.54) is 17.0 Å². The van der Waals surface area contributed by atoms with Gasteiger partial charge < -0.3 is 0 Å². The Morgan fingerprint density at radius 1 is 1.15 bits per heavy atom. The Morgan fingerprint density at radius 2 is 1.69 bits per heavy atom. The van der Waals surface area contributed by atoms with Gasteiger partial charge in [-0.2, -0.15) is 5.10 Å². The van der Waals surface area contributed by atoms with Crippen LogP contribution < -0.4 is 0 Å². The zero-order valence-electron chi connectivity index (χ0n) is 9.55. The van der Waals surface area contributed by atoms with Crippen LogP contribution >= 0.6 is 0 Å². The molecule has 1 atom stereocenters. The second-order valence-electron chi connectivity index (χ2n) is 4.24. The van der Waals surface area contributed by atoms with E-state index in [1.807, 2.05) is 11.7 Å². The monoisotopic (exact) mass is 180 g/mol. The van der Waals surface area contributed by atoms with Crippen LogP contribution in [-0.4, -0.2) is 9.78 Å². The Kier molecular flexibility index (Phi) is 2.79. The van der Waals surface area contributed by atoms with Crippen molar-refractivity contribution in [2.75, 3.05) is 0 Å². The van der Waals surface area contributed by atoms with Crippen LogP contribution in [0.25, 0.3) is 0 Å². The quantitative estimate of drug-likeness (QED) is 0.684. The Morgan fingerprint density at radius 3 is 2.00 bits per heavy atom. The first-order valence-corrected chi connectivity index (χ1v) is 4.95. The van der Waals surface area contributed by atoms with Crippen LogP contribution in [0.2, 0.25) is 0 Å². The van der Waals surface area contributed by atoms with E-state index in [2.05, 4.69) is 39.7 Å². The standard InChI is InChI=1S/C11H20N2/c1-7(2)8(3)11-9(4)12-13(6)10(11)5/h7-8H,1-6H3. The Bertz CT molecular complexity index is 297. The Hall–Kier alpha value is -0.790. The minimum atomic E-state index is 0.605. The van der Waals surface area contributed by atoms with Gasteiger partial charge in [-0.3, -0.25) is 4.68 Å². The van der Waals surface area contributed by atoms with Crippen molar-refractivity contribution in [3.05, 3.63) is 17.0 Å². The van der Waals surface area contributed by atoms with Crippen molar-refractivity contribution in [1.82, 2.24) is 9.78 Å². The third kappa shape index (κ3) is 1.77. The molecule has 0 amide bonds. The smallest absolute Gasteiger partial charge is 0.0631 e. The first-order valence-electron chi connectivity index (χ1n) is 4.95. The second-order valence-corrected chi connectivity index (χ2v) is 4.24. The minimum Gasteiger partial charge on any atom is -0.272 e. The summed E-state index contributed by atoms with van der Waals surface area (Å²) in [4.78, 5) is 0. The van der Waals surface area contributed by atoms with Crippen LogP contribution in [0.15, 0.2) is 0 Å². The molecule has 1 aromatic rings. The molecule has 0 N–H and O–H groups in total. The molecule has 0 saturated carbocycles. The van der Waals surface area contributed by atoms with Crippen molar-refractivity contribution >= 4 is 0 Å². The number of hydrogen-bond donors (Lipinski definition) is 0. The van der Waals surface area contributed by atoms with E-state index >= 15 is 0 Å². The van der Waals surface area contributed by atoms with Gasteiger partial charge in [0.2, 0.25) is 0 Å². The Balaban J connectivity index is 3.13. The van der Waals surface area contributed by atoms with Crippen LogP contribution in [0.5, 0.6) is 0 Å². The van der Waals surface area contributed by atoms with Gasteiger partial charge >= 0.3 is 0 Å². The fraction of sp³-hybridized carbons (Fsp3) is 0.727. The van der Waals surface area contributed by atoms with Crippen LogP contribution in [-0.2, 0) is 7.05 Å². The van der Waals surface area contributed by atoms with Crippen molar-refractivity contribution in [2.45, 2.75) is 40.5 Å². The van der Waals surface area contributed by atoms with Gasteiger partial charge in [0, 0.05) is 12.7 Å². The highest BCUT2D eigenvalue weighted by atomic mass is 15.3. The average Bonchev–Trinajstić information content (AvgIpc) is 2.26. The van der Waals surface area contributed by atoms with Crippen molar-refractivity contribution in [3.8, 4) is 0 Å². The Labute approximate surface area is 81.0 Å². The molecule has 1 heterocycles. The van der Waals surface area contributed by atoms with Gasteiger partial charge in [0.05, 0.1) is 5.69 Å². The van der Waals surface area contributed by atoms with E-state index in [1.54, 1.807) is 0 Å². The third-order valence-corrected chi connectivity index (χ3v) is 3.02. The summed E-state index contributed by atoms with van der Waals surface area (Å²) in [6.45, 7) is 11.0. The molecule has 0 aliphatic rings. The summed E-state index contributed by atoms with van der Waals surface area (Å²) in [5.74, 6) is 1.29. The SMILES string of the molecule is Cc1nn(C)c(C)c1C(C)C(C)C. The summed E-state index contributed by atoms with van der Waals surface area (Å²) in [5.41, 5.74) is 3.91. The van der Waals surface area contributed by atoms with Gasteiger partial charge in [0.1, 0.15) is 0 Å². The minimum absolute atomic E-state index is 0.605. The lowest BCUT2D eigenvalue weighted by Gasteiger charge is -2.16. The highest BCUT2D eigenvalue weighted by Crippen LogP contribution is 2.28. The van der Waals surface area contributed by atoms with Crippen LogP contribution in [0.4, 0.5) is 0 Å². The summed E-state index contributed by atoms with van der Waals surface area (Å²) in [7, 11) is 2.01. The third-order valence-electron chi connectivity index (χ3n) is 3.02. The zero-order chi connectivity index (χ0) is 10.2. The molecular formula is C11H20N2. The van der Waals surface area contributed by atoms with E-state index in [4.69, 9.17) is 0 Å². The second kappa shape index (κ2) is 3.52. The lowest BCUT2D eigenvalue weighted by Crippen LogP contribution is -2.04. The lowest BCUT2D eigenvalue weighted by molar-refractivity contribution is 0.530. The molecule has 2 nitrogen and oxygen atoms in total. The van der Waals surface area contributed by atoms with Crippen molar-refractivity contribution < 1.29 is 0 Å². The zero-order valence-corrected chi connectivity index (χ0v) is 9.55. The maximum atomic E-state index is 4.43. The highest BCUT2D eigenvalue weighted by Gasteiger charge is 2.18. The van der Waals surface area contributed by atoms with Crippen LogP contribution in [0.3, 0.4) is 0 Å². The normalized spacial score (nSPS) is 13.8. The molecule has 0 fully saturated rings. The van der Waals surface area contributed by atoms with Gasteiger partial charge in [-0.15, -0.1) is 0 Å². The van der Waals surface area contributed by atoms with E-state index in [0.29, 0.717) is 11.8 Å². The molecular weight excluding hydrogens is 160 g/mol. The fourth-order valence-electron chi connectivity index (χ4n) is 1.78. The molecule has 0 spiro atoms. The predicted molar refractivity (Wildman–Crippen MR) is 55.9 cm³/mol. The van der Waals surface area contributed by atoms with Crippen molar-refractivity contribution in [2.24, 2.45) is 13.0 Å². The van der Waals surface area contributed by atoms with Gasteiger partial charge in [-0.1, -0.05) is 20.8 Å². The summed E-state index contributed by atoms with van der Waals surface area (Å²) < 4.78 is 1.98. The van der Waals surface area contributed by atoms with Crippen LogP contribution in [0, 0.1) is 19.8 Å². The van der Waals surface area contributed by atoms with Crippen LogP contribution in [0.1, 0.15) is 43.6 Å². The van der Waals surface area contributed by atoms with E-state index in [-0.39, 0.29) is 0 Å². The van der Waals surface area contributed by atoms with Crippen molar-refractivity contribution in [3.63, 3.8) is 0 Å². The molecule has 74 valence electrons. The van der Waals surface area contributed by atoms with Gasteiger partial charge in [0.25, 0.3) is 0 Å². The number of aryl methyl sites for hydroxylation is 2. The molecule has 1 rings (SSSR count). The summed E-state index contributed by atoms with van der Waals surface area (Å²) in [5, 5.41) is 4.43. The number of nitrogens with zero attached hydrogens (tertiary/aromatic N) is 2. The topological polar surface area (TPSA) is 17.8 Å². The average molecular weight is 180 g/mol. The molecule has 0 saturated heterocycles. The molecule has 0 aliphatic heterocycles. The van der Waals surface area contributed by atoms with Gasteiger partial charge in [-0.25, -0.2) is 0 Å². The maximum absolute atomic E-state index is 4.43. The summed E-state index contributed by atoms with van der Waals surface area (Å²) >= 11 is 0. The molecule has 0 aromatic carbocycles. The molecule has 13 heavy (non-hydrogen) atoms. The van der Waals surface area contributed by atoms with E-state index < -0.39 is 0 Å². The van der Waals surface area contributed by atoms with Gasteiger partial charge in [0.15, 0.2) is 0 Å². The largest absolute Gasteiger partial charge is 0.272 e. The maximum Gasteiger partial charge on any atom is 0.0631 e. The molecule has 2 heteroatoms. The summed E-state index contributed by atoms with van der Waals surface area (Å²) in [6, 6.07) is 0. The first-order chi connectivity index (χ1) is 5.95. The van der Waals surface area contributed by atoms with Gasteiger partial charge in [-0.05, 0) is 31.2 Å². The number of aromatic nitrogens is 2. The summed E-state index contributed by atoms with van der Waals surface area (Å²) in [6.07, 6.45) is 0. The highest BCUT2D eigenvalue weighted by molar-refractivity contribution is 5.28. The molecule has 0 radical (unpaired) electrons. The first kappa shape index (κ1) is 10.3. The van der Waals surface area contributed by atoms with Crippen molar-refractivity contribution in [1.29, 1.82) is 0 Å². The number of hydrogen-bond acceptors (Lipinski definition) is 1. The molecule has 0 bridgehead atoms. The number of rotatable bonds is 2. The van der Waals surface area contributed by atoms with E-state index in [0.717, 1.165) is 0 Å². The molecule has 1 aromatic heterocycles. The fourth-order valence-corrected chi connectivity index (χ4v) is 1.78. The molecule has 1 unspecified atom stereocenters. The predicted octanol–water partition coefficient (Wildman–Crippen LogP) is 2.80. The van der Waals surface area contributed by atoms with E-state index in [9.17, 15) is 0 Å².